The number of aromatic nitrogens is 2. The first kappa shape index (κ1) is 24.8. The van der Waals surface area contributed by atoms with Crippen molar-refractivity contribution in [3.8, 4) is 0 Å². The fourth-order valence-corrected chi connectivity index (χ4v) is 7.55. The van der Waals surface area contributed by atoms with Crippen molar-refractivity contribution in [1.82, 2.24) is 19.2 Å². The quantitative estimate of drug-likeness (QED) is 0.563. The zero-order valence-corrected chi connectivity index (χ0v) is 21.2. The van der Waals surface area contributed by atoms with Gasteiger partial charge in [-0.05, 0) is 54.8 Å². The predicted octanol–water partition coefficient (Wildman–Crippen LogP) is 4.62. The first-order chi connectivity index (χ1) is 15.8. The van der Waals surface area contributed by atoms with Crippen LogP contribution in [-0.2, 0) is 21.4 Å². The van der Waals surface area contributed by atoms with E-state index >= 15 is 0 Å². The van der Waals surface area contributed by atoms with Crippen LogP contribution in [0.5, 0.6) is 0 Å². The van der Waals surface area contributed by atoms with Gasteiger partial charge in [0.15, 0.2) is 0 Å². The molecule has 1 aliphatic carbocycles. The van der Waals surface area contributed by atoms with Crippen LogP contribution in [0.25, 0.3) is 0 Å². The third-order valence-electron chi connectivity index (χ3n) is 6.71. The number of sulfonamides is 1. The molecule has 1 aliphatic heterocycles. The molecule has 2 aliphatic rings. The van der Waals surface area contributed by atoms with Gasteiger partial charge in [-0.3, -0.25) is 4.79 Å². The number of likely N-dealkylation sites (tertiary alicyclic amines) is 1. The Morgan fingerprint density at radius 3 is 2.48 bits per heavy atom. The molecule has 0 bridgehead atoms. The van der Waals surface area contributed by atoms with Crippen LogP contribution in [0.4, 0.5) is 0 Å². The fraction of sp³-hybridized carbons (Fsp3) is 0.545. The molecular formula is C22H27Cl3N4O3S. The van der Waals surface area contributed by atoms with Gasteiger partial charge in [0.2, 0.25) is 21.2 Å². The monoisotopic (exact) mass is 532 g/mol. The molecule has 1 unspecified atom stereocenters. The summed E-state index contributed by atoms with van der Waals surface area (Å²) in [6.07, 6.45) is 9.18. The lowest BCUT2D eigenvalue weighted by Gasteiger charge is -2.42. The molecule has 0 radical (unpaired) electrons. The number of aryl methyl sites for hydroxylation is 1. The van der Waals surface area contributed by atoms with E-state index in [9.17, 15) is 13.2 Å². The molecule has 33 heavy (non-hydrogen) atoms. The molecule has 180 valence electrons. The van der Waals surface area contributed by atoms with Crippen LogP contribution < -0.4 is 4.72 Å². The summed E-state index contributed by atoms with van der Waals surface area (Å²) in [7, 11) is -4.15. The Morgan fingerprint density at radius 1 is 1.12 bits per heavy atom. The van der Waals surface area contributed by atoms with Crippen molar-refractivity contribution in [3.05, 3.63) is 45.9 Å². The number of fused-ring (bicyclic) bond motifs is 1. The van der Waals surface area contributed by atoms with Crippen molar-refractivity contribution in [2.24, 2.45) is 11.8 Å². The summed E-state index contributed by atoms with van der Waals surface area (Å²) in [5.41, 5.74) is 0. The number of nitrogens with zero attached hydrogens (tertiary/aromatic N) is 3. The van der Waals surface area contributed by atoms with Crippen molar-refractivity contribution >= 4 is 50.7 Å². The van der Waals surface area contributed by atoms with Gasteiger partial charge in [-0.1, -0.05) is 48.5 Å². The number of halogens is 3. The summed E-state index contributed by atoms with van der Waals surface area (Å²) >= 11 is 18.4. The Morgan fingerprint density at radius 2 is 1.82 bits per heavy atom. The second-order valence-electron chi connectivity index (χ2n) is 8.78. The maximum atomic E-state index is 13.6. The summed E-state index contributed by atoms with van der Waals surface area (Å²) in [4.78, 5) is 19.1. The molecule has 1 aromatic heterocycles. The first-order valence-electron chi connectivity index (χ1n) is 11.2. The first-order valence-corrected chi connectivity index (χ1v) is 13.8. The highest BCUT2D eigenvalue weighted by atomic mass is 35.5. The number of amides is 1. The van der Waals surface area contributed by atoms with E-state index < -0.39 is 16.1 Å². The lowest BCUT2D eigenvalue weighted by Crippen LogP contribution is -2.53. The summed E-state index contributed by atoms with van der Waals surface area (Å²) < 4.78 is 30.7. The molecule has 2 aromatic rings. The number of piperidine rings is 1. The number of hydrogen-bond acceptors (Lipinski definition) is 4. The van der Waals surface area contributed by atoms with Gasteiger partial charge in [0.25, 0.3) is 0 Å². The number of carbonyl (C=O) groups is 1. The Hall–Kier alpha value is -1.32. The van der Waals surface area contributed by atoms with Crippen LogP contribution in [0.1, 0.15) is 38.5 Å². The van der Waals surface area contributed by atoms with Crippen molar-refractivity contribution in [1.29, 1.82) is 0 Å². The molecule has 1 amide bonds. The maximum Gasteiger partial charge on any atom is 0.244 e. The van der Waals surface area contributed by atoms with Crippen LogP contribution in [0.3, 0.4) is 0 Å². The number of rotatable bonds is 7. The van der Waals surface area contributed by atoms with E-state index in [1.807, 2.05) is 4.90 Å². The van der Waals surface area contributed by atoms with E-state index in [4.69, 9.17) is 34.8 Å². The molecular weight excluding hydrogens is 507 g/mol. The molecule has 1 saturated carbocycles. The highest BCUT2D eigenvalue weighted by Gasteiger charge is 2.37. The van der Waals surface area contributed by atoms with Crippen LogP contribution in [0.2, 0.25) is 15.3 Å². The summed E-state index contributed by atoms with van der Waals surface area (Å²) in [6, 6.07) is 3.50. The standard InChI is InChI=1S/C22H27Cl3N4O3S/c23-17-6-3-7-18(24)20(17)33(31,32)27-19(9-12-28-13-10-26-22(28)25)21(30)29-11-8-15-4-1-2-5-16(15)14-29/h3,6-7,10,13,15-16,19,27H,1-2,4-5,8-9,11-12,14H2/t15-,16+,19?/m0/s1. The van der Waals surface area contributed by atoms with E-state index in [1.165, 1.54) is 31.4 Å². The molecule has 1 aromatic carbocycles. The lowest BCUT2D eigenvalue weighted by molar-refractivity contribution is -0.136. The minimum absolute atomic E-state index is 0.00173. The Balaban J connectivity index is 1.56. The molecule has 0 spiro atoms. The van der Waals surface area contributed by atoms with Gasteiger partial charge in [0.1, 0.15) is 10.9 Å². The molecule has 7 nitrogen and oxygen atoms in total. The molecule has 1 saturated heterocycles. The number of nitrogens with one attached hydrogen (secondary N) is 1. The van der Waals surface area contributed by atoms with Crippen LogP contribution in [0.15, 0.2) is 35.5 Å². The average molecular weight is 534 g/mol. The van der Waals surface area contributed by atoms with Gasteiger partial charge < -0.3 is 9.47 Å². The highest BCUT2D eigenvalue weighted by Crippen LogP contribution is 2.36. The Bertz CT molecular complexity index is 1090. The largest absolute Gasteiger partial charge is 0.341 e. The summed E-state index contributed by atoms with van der Waals surface area (Å²) in [5.74, 6) is 0.904. The summed E-state index contributed by atoms with van der Waals surface area (Å²) in [6.45, 7) is 1.63. The number of benzene rings is 1. The highest BCUT2D eigenvalue weighted by molar-refractivity contribution is 7.89. The molecule has 1 N–H and O–H groups in total. The Labute approximate surface area is 209 Å². The van der Waals surface area contributed by atoms with Crippen molar-refractivity contribution in [2.45, 2.75) is 56.0 Å². The van der Waals surface area contributed by atoms with Crippen molar-refractivity contribution < 1.29 is 13.2 Å². The minimum atomic E-state index is -4.15. The van der Waals surface area contributed by atoms with Crippen molar-refractivity contribution in [3.63, 3.8) is 0 Å². The molecule has 3 atom stereocenters. The number of imidazole rings is 1. The average Bonchev–Trinajstić information content (AvgIpc) is 3.20. The van der Waals surface area contributed by atoms with E-state index in [2.05, 4.69) is 9.71 Å². The van der Waals surface area contributed by atoms with Gasteiger partial charge >= 0.3 is 0 Å². The topological polar surface area (TPSA) is 84.3 Å². The number of hydrogen-bond donors (Lipinski definition) is 1. The molecule has 2 fully saturated rings. The maximum absolute atomic E-state index is 13.6. The van der Waals surface area contributed by atoms with Gasteiger partial charge in [-0.2, -0.15) is 4.72 Å². The minimum Gasteiger partial charge on any atom is -0.341 e. The normalized spacial score (nSPS) is 22.1. The van der Waals surface area contributed by atoms with Gasteiger partial charge in [-0.15, -0.1) is 0 Å². The predicted molar refractivity (Wildman–Crippen MR) is 129 cm³/mol. The zero-order chi connectivity index (χ0) is 23.6. The van der Waals surface area contributed by atoms with E-state index in [0.29, 0.717) is 31.5 Å². The summed E-state index contributed by atoms with van der Waals surface area (Å²) in [5, 5.41) is 0.282. The van der Waals surface area contributed by atoms with E-state index in [-0.39, 0.29) is 32.6 Å². The van der Waals surface area contributed by atoms with Gasteiger partial charge in [0.05, 0.1) is 10.0 Å². The Kier molecular flexibility index (Phi) is 7.91. The van der Waals surface area contributed by atoms with Gasteiger partial charge in [-0.25, -0.2) is 13.4 Å². The van der Waals surface area contributed by atoms with Gasteiger partial charge in [0, 0.05) is 32.0 Å². The lowest BCUT2D eigenvalue weighted by atomic mass is 9.75. The van der Waals surface area contributed by atoms with Crippen LogP contribution in [0, 0.1) is 11.8 Å². The van der Waals surface area contributed by atoms with Crippen LogP contribution >= 0.6 is 34.8 Å². The van der Waals surface area contributed by atoms with E-state index in [1.54, 1.807) is 23.0 Å². The molecule has 11 heteroatoms. The third kappa shape index (κ3) is 5.68. The van der Waals surface area contributed by atoms with Crippen LogP contribution in [-0.4, -0.2) is 47.9 Å². The SMILES string of the molecule is O=C(C(CCn1ccnc1Cl)NS(=O)(=O)c1c(Cl)cccc1Cl)N1CC[C@@H]2CCCC[C@@H]2C1. The third-order valence-corrected chi connectivity index (χ3v) is 9.45. The zero-order valence-electron chi connectivity index (χ0n) is 18.1. The second kappa shape index (κ2) is 10.5. The van der Waals surface area contributed by atoms with E-state index in [0.717, 1.165) is 12.8 Å². The molecule has 4 rings (SSSR count). The van der Waals surface area contributed by atoms with Crippen molar-refractivity contribution in [2.75, 3.05) is 13.1 Å². The molecule has 2 heterocycles. The second-order valence-corrected chi connectivity index (χ2v) is 11.6. The smallest absolute Gasteiger partial charge is 0.244 e. The number of carbonyl (C=O) groups excluding carboxylic acids is 1. The fourth-order valence-electron chi connectivity index (χ4n) is 4.99.